The molecule has 1 unspecified atom stereocenters. The molecule has 3 aromatic rings. The fourth-order valence-corrected chi connectivity index (χ4v) is 3.28. The van der Waals surface area contributed by atoms with Crippen LogP contribution in [-0.2, 0) is 0 Å². The van der Waals surface area contributed by atoms with Crippen LogP contribution >= 0.6 is 0 Å². The summed E-state index contributed by atoms with van der Waals surface area (Å²) in [6.07, 6.45) is 3.56. The van der Waals surface area contributed by atoms with Crippen LogP contribution in [0.3, 0.4) is 0 Å². The molecule has 0 N–H and O–H groups in total. The van der Waals surface area contributed by atoms with E-state index in [0.29, 0.717) is 24.3 Å². The number of hydrogen-bond acceptors (Lipinski definition) is 4. The molecule has 0 bridgehead atoms. The van der Waals surface area contributed by atoms with E-state index in [1.54, 1.807) is 30.3 Å². The van der Waals surface area contributed by atoms with Gasteiger partial charge in [-0.1, -0.05) is 5.16 Å². The molecule has 1 aliphatic rings. The van der Waals surface area contributed by atoms with E-state index in [-0.39, 0.29) is 23.5 Å². The molecule has 2 aromatic heterocycles. The Labute approximate surface area is 137 Å². The number of likely N-dealkylation sites (tertiary alicyclic amines) is 1. The lowest BCUT2D eigenvalue weighted by Crippen LogP contribution is -2.40. The van der Waals surface area contributed by atoms with E-state index in [4.69, 9.17) is 4.52 Å². The molecule has 0 radical (unpaired) electrons. The highest BCUT2D eigenvalue weighted by Gasteiger charge is 2.28. The van der Waals surface area contributed by atoms with Gasteiger partial charge in [-0.2, -0.15) is 0 Å². The first-order valence-corrected chi connectivity index (χ1v) is 7.96. The van der Waals surface area contributed by atoms with Crippen molar-refractivity contribution in [3.8, 4) is 0 Å². The molecule has 6 nitrogen and oxygen atoms in total. The monoisotopic (exact) mass is 328 g/mol. The summed E-state index contributed by atoms with van der Waals surface area (Å²) in [5.41, 5.74) is 2.20. The third-order valence-corrected chi connectivity index (χ3v) is 4.45. The molecule has 124 valence electrons. The largest absolute Gasteiger partial charge is 0.351 e. The molecular weight excluding hydrogens is 311 g/mol. The number of piperidine rings is 1. The molecule has 1 atom stereocenters. The third kappa shape index (κ3) is 2.55. The van der Waals surface area contributed by atoms with Gasteiger partial charge in [-0.05, 0) is 31.9 Å². The molecule has 3 heterocycles. The van der Waals surface area contributed by atoms with Gasteiger partial charge in [0.15, 0.2) is 0 Å². The van der Waals surface area contributed by atoms with Gasteiger partial charge < -0.3 is 14.0 Å². The maximum absolute atomic E-state index is 13.3. The van der Waals surface area contributed by atoms with Crippen LogP contribution in [0, 0.1) is 12.7 Å². The van der Waals surface area contributed by atoms with E-state index < -0.39 is 0 Å². The van der Waals surface area contributed by atoms with Crippen molar-refractivity contribution in [2.75, 3.05) is 13.1 Å². The molecule has 1 aromatic carbocycles. The Hall–Kier alpha value is -2.70. The fraction of sp³-hybridized carbons (Fsp3) is 0.353. The first-order chi connectivity index (χ1) is 11.6. The van der Waals surface area contributed by atoms with Crippen LogP contribution in [0.2, 0.25) is 0 Å². The lowest BCUT2D eigenvalue weighted by Gasteiger charge is -2.33. The Morgan fingerprint density at radius 3 is 3.04 bits per heavy atom. The van der Waals surface area contributed by atoms with E-state index in [9.17, 15) is 9.18 Å². The topological polar surface area (TPSA) is 64.2 Å². The second kappa shape index (κ2) is 5.74. The van der Waals surface area contributed by atoms with Gasteiger partial charge in [-0.25, -0.2) is 9.37 Å². The molecular formula is C17H17FN4O2. The summed E-state index contributed by atoms with van der Waals surface area (Å²) in [6.45, 7) is 3.05. The van der Waals surface area contributed by atoms with E-state index in [2.05, 4.69) is 10.1 Å². The van der Waals surface area contributed by atoms with Gasteiger partial charge in [-0.3, -0.25) is 4.79 Å². The van der Waals surface area contributed by atoms with Gasteiger partial charge in [0.2, 0.25) is 5.76 Å². The van der Waals surface area contributed by atoms with Crippen molar-refractivity contribution in [3.05, 3.63) is 47.9 Å². The third-order valence-electron chi connectivity index (χ3n) is 4.45. The van der Waals surface area contributed by atoms with Crippen molar-refractivity contribution >= 4 is 16.9 Å². The first kappa shape index (κ1) is 14.9. The Morgan fingerprint density at radius 2 is 2.25 bits per heavy atom. The number of fused-ring (bicyclic) bond motifs is 1. The van der Waals surface area contributed by atoms with E-state index in [1.165, 1.54) is 12.1 Å². The maximum Gasteiger partial charge on any atom is 0.292 e. The van der Waals surface area contributed by atoms with Crippen molar-refractivity contribution in [3.63, 3.8) is 0 Å². The van der Waals surface area contributed by atoms with Gasteiger partial charge in [0.05, 0.1) is 29.1 Å². The average molecular weight is 328 g/mol. The van der Waals surface area contributed by atoms with E-state index >= 15 is 0 Å². The highest BCUT2D eigenvalue weighted by atomic mass is 19.1. The van der Waals surface area contributed by atoms with E-state index in [1.807, 2.05) is 4.57 Å². The molecule has 0 aliphatic carbocycles. The number of halogens is 1. The molecule has 24 heavy (non-hydrogen) atoms. The number of imidazole rings is 1. The van der Waals surface area contributed by atoms with Gasteiger partial charge >= 0.3 is 0 Å². The second-order valence-corrected chi connectivity index (χ2v) is 6.16. The molecule has 0 spiro atoms. The Kier molecular flexibility index (Phi) is 3.55. The van der Waals surface area contributed by atoms with Gasteiger partial charge in [0.1, 0.15) is 5.82 Å². The summed E-state index contributed by atoms with van der Waals surface area (Å²) in [5.74, 6) is -0.171. The predicted octanol–water partition coefficient (Wildman–Crippen LogP) is 2.95. The van der Waals surface area contributed by atoms with Crippen LogP contribution in [-0.4, -0.2) is 38.6 Å². The number of nitrogens with zero attached hydrogens (tertiary/aromatic N) is 4. The van der Waals surface area contributed by atoms with Crippen molar-refractivity contribution in [2.24, 2.45) is 0 Å². The summed E-state index contributed by atoms with van der Waals surface area (Å²) >= 11 is 0. The number of aryl methyl sites for hydroxylation is 1. The SMILES string of the molecule is Cc1cc(C(=O)N2CCCC(n3cnc4cc(F)ccc43)C2)on1. The fourth-order valence-electron chi connectivity index (χ4n) is 3.28. The minimum absolute atomic E-state index is 0.113. The van der Waals surface area contributed by atoms with Crippen molar-refractivity contribution in [1.29, 1.82) is 0 Å². The zero-order valence-corrected chi connectivity index (χ0v) is 13.3. The Balaban J connectivity index is 1.59. The van der Waals surface area contributed by atoms with Crippen LogP contribution in [0.15, 0.2) is 35.1 Å². The highest BCUT2D eigenvalue weighted by Crippen LogP contribution is 2.27. The number of carbonyl (C=O) groups is 1. The number of aromatic nitrogens is 3. The van der Waals surface area contributed by atoms with Crippen LogP contribution in [0.5, 0.6) is 0 Å². The number of rotatable bonds is 2. The normalized spacial score (nSPS) is 18.2. The quantitative estimate of drug-likeness (QED) is 0.725. The zero-order chi connectivity index (χ0) is 16.7. The summed E-state index contributed by atoms with van der Waals surface area (Å²) in [7, 11) is 0. The summed E-state index contributed by atoms with van der Waals surface area (Å²) < 4.78 is 20.4. The Bertz CT molecular complexity index is 901. The van der Waals surface area contributed by atoms with Crippen LogP contribution < -0.4 is 0 Å². The maximum atomic E-state index is 13.3. The highest BCUT2D eigenvalue weighted by molar-refractivity contribution is 5.91. The summed E-state index contributed by atoms with van der Waals surface area (Å²) in [6, 6.07) is 6.36. The molecule has 1 fully saturated rings. The minimum Gasteiger partial charge on any atom is -0.351 e. The van der Waals surface area contributed by atoms with Gasteiger partial charge in [0, 0.05) is 25.2 Å². The lowest BCUT2D eigenvalue weighted by molar-refractivity contribution is 0.0639. The van der Waals surface area contributed by atoms with Crippen LogP contribution in [0.4, 0.5) is 4.39 Å². The van der Waals surface area contributed by atoms with Crippen molar-refractivity contribution < 1.29 is 13.7 Å². The molecule has 7 heteroatoms. The minimum atomic E-state index is -0.297. The van der Waals surface area contributed by atoms with Crippen molar-refractivity contribution in [2.45, 2.75) is 25.8 Å². The molecule has 1 aliphatic heterocycles. The van der Waals surface area contributed by atoms with Gasteiger partial charge in [0.25, 0.3) is 5.91 Å². The summed E-state index contributed by atoms with van der Waals surface area (Å²) in [5, 5.41) is 3.78. The number of carbonyl (C=O) groups excluding carboxylic acids is 1. The predicted molar refractivity (Wildman–Crippen MR) is 85.1 cm³/mol. The van der Waals surface area contributed by atoms with Crippen molar-refractivity contribution in [1.82, 2.24) is 19.6 Å². The first-order valence-electron chi connectivity index (χ1n) is 7.96. The number of benzene rings is 1. The average Bonchev–Trinajstić information content (AvgIpc) is 3.20. The molecule has 1 saturated heterocycles. The molecule has 4 rings (SSSR count). The standard InChI is InChI=1S/C17H17FN4O2/c1-11-7-16(24-20-11)17(23)21-6-2-3-13(9-21)22-10-19-14-8-12(18)4-5-15(14)22/h4-5,7-8,10,13H,2-3,6,9H2,1H3. The summed E-state index contributed by atoms with van der Waals surface area (Å²) in [4.78, 5) is 18.6. The zero-order valence-electron chi connectivity index (χ0n) is 13.3. The van der Waals surface area contributed by atoms with Gasteiger partial charge in [-0.15, -0.1) is 0 Å². The second-order valence-electron chi connectivity index (χ2n) is 6.16. The number of amides is 1. The van der Waals surface area contributed by atoms with Crippen LogP contribution in [0.25, 0.3) is 11.0 Å². The smallest absolute Gasteiger partial charge is 0.292 e. The lowest BCUT2D eigenvalue weighted by atomic mass is 10.0. The molecule has 0 saturated carbocycles. The Morgan fingerprint density at radius 1 is 1.38 bits per heavy atom. The molecule has 1 amide bonds. The van der Waals surface area contributed by atoms with Crippen LogP contribution in [0.1, 0.15) is 35.1 Å². The van der Waals surface area contributed by atoms with E-state index in [0.717, 1.165) is 18.4 Å². The number of hydrogen-bond donors (Lipinski definition) is 0.